The van der Waals surface area contributed by atoms with Gasteiger partial charge in [-0.2, -0.15) is 27.2 Å². The smallest absolute Gasteiger partial charge is 0.431 e. The van der Waals surface area contributed by atoms with E-state index in [1.807, 2.05) is 6.07 Å². The molecule has 2 aromatic rings. The topological polar surface area (TPSA) is 139 Å². The van der Waals surface area contributed by atoms with Gasteiger partial charge < -0.3 is 14.8 Å². The summed E-state index contributed by atoms with van der Waals surface area (Å²) in [4.78, 5) is 35.7. The number of hydrogen-bond donors (Lipinski definition) is 2. The second kappa shape index (κ2) is 10.3. The average molecular weight is 572 g/mol. The summed E-state index contributed by atoms with van der Waals surface area (Å²) in [6, 6.07) is 3.32. The maximum absolute atomic E-state index is 15.4. The summed E-state index contributed by atoms with van der Waals surface area (Å²) < 4.78 is 96.1. The average Bonchev–Trinajstić information content (AvgIpc) is 2.80. The Kier molecular flexibility index (Phi) is 7.74. The molecule has 0 spiro atoms. The number of rotatable bonds is 3. The Morgan fingerprint density at radius 1 is 1.18 bits per heavy atom. The highest BCUT2D eigenvalue weighted by atomic mass is 19.4. The van der Waals surface area contributed by atoms with Gasteiger partial charge in [-0.3, -0.25) is 4.79 Å². The minimum absolute atomic E-state index is 0.152. The molecule has 2 aromatic heterocycles. The Morgan fingerprint density at radius 3 is 2.38 bits per heavy atom. The number of alkyl carbamates (subject to hydrolysis) is 1. The molecule has 2 N–H and O–H groups in total. The Morgan fingerprint density at radius 2 is 1.82 bits per heavy atom. The number of hydrogen-bond acceptors (Lipinski definition) is 8. The monoisotopic (exact) mass is 572 g/mol. The summed E-state index contributed by atoms with van der Waals surface area (Å²) >= 11 is 0. The minimum Gasteiger partial charge on any atom is -0.445 e. The van der Waals surface area contributed by atoms with Crippen LogP contribution in [0.1, 0.15) is 55.0 Å². The zero-order chi connectivity index (χ0) is 30.3. The van der Waals surface area contributed by atoms with Crippen LogP contribution in [0.5, 0.6) is 0 Å². The number of anilines is 1. The normalized spacial score (nSPS) is 20.4. The van der Waals surface area contributed by atoms with Crippen molar-refractivity contribution in [1.82, 2.24) is 15.3 Å². The van der Waals surface area contributed by atoms with Crippen molar-refractivity contribution in [2.75, 3.05) is 5.32 Å². The van der Waals surface area contributed by atoms with Gasteiger partial charge in [-0.1, -0.05) is 0 Å². The third-order valence-corrected chi connectivity index (χ3v) is 5.41. The van der Waals surface area contributed by atoms with Crippen molar-refractivity contribution >= 4 is 23.8 Å². The number of amidine groups is 1. The van der Waals surface area contributed by atoms with Gasteiger partial charge in [0.25, 0.3) is 18.0 Å². The quantitative estimate of drug-likeness (QED) is 0.507. The van der Waals surface area contributed by atoms with Crippen molar-refractivity contribution in [2.24, 2.45) is 4.99 Å². The molecule has 0 aliphatic carbocycles. The molecule has 214 valence electrons. The maximum atomic E-state index is 15.4. The van der Waals surface area contributed by atoms with Gasteiger partial charge in [-0.15, -0.1) is 0 Å². The molecule has 0 saturated carbocycles. The lowest BCUT2D eigenvalue weighted by atomic mass is 9.84. The molecule has 2 amide bonds. The first-order chi connectivity index (χ1) is 18.3. The molecule has 0 bridgehead atoms. The third kappa shape index (κ3) is 6.08. The van der Waals surface area contributed by atoms with Gasteiger partial charge in [0.15, 0.2) is 5.54 Å². The summed E-state index contributed by atoms with van der Waals surface area (Å²) in [6.45, 7) is 6.22. The molecule has 3 rings (SSSR count). The zero-order valence-electron chi connectivity index (χ0n) is 21.6. The number of nitriles is 1. The first-order valence-electron chi connectivity index (χ1n) is 11.3. The van der Waals surface area contributed by atoms with E-state index in [0.717, 1.165) is 12.3 Å². The predicted octanol–water partition coefficient (Wildman–Crippen LogP) is 4.74. The van der Waals surface area contributed by atoms with Crippen LogP contribution in [-0.2, 0) is 15.0 Å². The largest absolute Gasteiger partial charge is 0.445 e. The van der Waals surface area contributed by atoms with Crippen molar-refractivity contribution < 1.29 is 45.4 Å². The second-order valence-corrected chi connectivity index (χ2v) is 9.76. The molecule has 40 heavy (non-hydrogen) atoms. The Bertz CT molecular complexity index is 1420. The highest BCUT2D eigenvalue weighted by Crippen LogP contribution is 2.51. The van der Waals surface area contributed by atoms with Gasteiger partial charge in [0.2, 0.25) is 0 Å². The van der Waals surface area contributed by atoms with E-state index in [-0.39, 0.29) is 16.8 Å². The minimum atomic E-state index is -5.71. The van der Waals surface area contributed by atoms with Crippen LogP contribution in [0.4, 0.5) is 37.0 Å². The van der Waals surface area contributed by atoms with Gasteiger partial charge >= 0.3 is 18.2 Å². The molecular weight excluding hydrogens is 550 g/mol. The number of aryl methyl sites for hydroxylation is 1. The molecule has 0 radical (unpaired) electrons. The van der Waals surface area contributed by atoms with Crippen LogP contribution in [0.3, 0.4) is 0 Å². The lowest BCUT2D eigenvalue weighted by Gasteiger charge is -2.42. The lowest BCUT2D eigenvalue weighted by molar-refractivity contribution is -0.288. The van der Waals surface area contributed by atoms with Crippen LogP contribution >= 0.6 is 0 Å². The van der Waals surface area contributed by atoms with Gasteiger partial charge in [-0.25, -0.2) is 29.5 Å². The van der Waals surface area contributed by atoms with Crippen LogP contribution in [0, 0.1) is 24.1 Å². The summed E-state index contributed by atoms with van der Waals surface area (Å²) in [5.41, 5.74) is -5.59. The van der Waals surface area contributed by atoms with Crippen molar-refractivity contribution in [1.29, 1.82) is 5.26 Å². The number of nitrogens with zero attached hydrogens (tertiary/aromatic N) is 4. The van der Waals surface area contributed by atoms with E-state index in [9.17, 15) is 27.2 Å². The highest BCUT2D eigenvalue weighted by molar-refractivity contribution is 6.03. The predicted molar refractivity (Wildman–Crippen MR) is 126 cm³/mol. The molecule has 10 nitrogen and oxygen atoms in total. The van der Waals surface area contributed by atoms with E-state index in [4.69, 9.17) is 10.00 Å². The van der Waals surface area contributed by atoms with Gasteiger partial charge in [0.05, 0.1) is 5.56 Å². The standard InChI is InChI=1S/C24H22F6N6O4/c1-11-8-12(9-31)10-32-15(11)17(37)34-14-7-6-13(25)16(33-14)22(5)23(26,27)18(24(28,29)30)39-19(36-22)35-20(38)40-21(2,3)4/h6-8,10,18H,1-5H3,(H,33,34,37)(H,35,36,38)/t18-,22+/m0/s1. The van der Waals surface area contributed by atoms with E-state index in [1.165, 1.54) is 33.8 Å². The number of aliphatic imine (C=N–C) groups is 1. The Balaban J connectivity index is 2.07. The van der Waals surface area contributed by atoms with E-state index < -0.39 is 64.7 Å². The van der Waals surface area contributed by atoms with Crippen LogP contribution in [-0.4, -0.2) is 51.8 Å². The lowest BCUT2D eigenvalue weighted by Crippen LogP contribution is -2.63. The van der Waals surface area contributed by atoms with E-state index >= 15 is 8.78 Å². The van der Waals surface area contributed by atoms with Crippen LogP contribution in [0.15, 0.2) is 29.4 Å². The number of alkyl halides is 5. The molecule has 0 aromatic carbocycles. The number of nitrogens with one attached hydrogen (secondary N) is 2. The molecule has 1 aliphatic rings. The molecular formula is C24H22F6N6O4. The van der Waals surface area contributed by atoms with Gasteiger partial charge in [0.1, 0.15) is 34.7 Å². The number of aromatic nitrogens is 2. The zero-order valence-corrected chi connectivity index (χ0v) is 21.6. The first-order valence-corrected chi connectivity index (χ1v) is 11.3. The highest BCUT2D eigenvalue weighted by Gasteiger charge is 2.71. The fraction of sp³-hybridized carbons (Fsp3) is 0.417. The van der Waals surface area contributed by atoms with Crippen LogP contribution in [0.25, 0.3) is 0 Å². The number of carbonyl (C=O) groups excluding carboxylic acids is 2. The van der Waals surface area contributed by atoms with Crippen molar-refractivity contribution in [3.8, 4) is 6.07 Å². The van der Waals surface area contributed by atoms with Crippen molar-refractivity contribution in [2.45, 2.75) is 64.0 Å². The van der Waals surface area contributed by atoms with Gasteiger partial charge in [-0.05, 0) is 58.4 Å². The van der Waals surface area contributed by atoms with E-state index in [2.05, 4.69) is 25.0 Å². The molecule has 0 unspecified atom stereocenters. The fourth-order valence-corrected chi connectivity index (χ4v) is 3.58. The van der Waals surface area contributed by atoms with Crippen LogP contribution < -0.4 is 10.6 Å². The molecule has 16 heteroatoms. The number of halogens is 6. The van der Waals surface area contributed by atoms with Crippen molar-refractivity contribution in [3.63, 3.8) is 0 Å². The molecule has 0 saturated heterocycles. The molecule has 2 atom stereocenters. The molecule has 1 aliphatic heterocycles. The summed E-state index contributed by atoms with van der Waals surface area (Å²) in [6.07, 6.45) is -9.86. The summed E-state index contributed by atoms with van der Waals surface area (Å²) in [5, 5.41) is 12.9. The summed E-state index contributed by atoms with van der Waals surface area (Å²) in [7, 11) is 0. The van der Waals surface area contributed by atoms with Crippen LogP contribution in [0.2, 0.25) is 0 Å². The van der Waals surface area contributed by atoms with Crippen molar-refractivity contribution in [3.05, 3.63) is 52.7 Å². The van der Waals surface area contributed by atoms with E-state index in [1.54, 1.807) is 5.32 Å². The number of carbonyl (C=O) groups is 2. The van der Waals surface area contributed by atoms with E-state index in [0.29, 0.717) is 13.0 Å². The Hall–Kier alpha value is -4.42. The number of amides is 2. The molecule has 0 fully saturated rings. The summed E-state index contributed by atoms with van der Waals surface area (Å²) in [5.74, 6) is -7.92. The fourth-order valence-electron chi connectivity index (χ4n) is 3.58. The first kappa shape index (κ1) is 30.1. The maximum Gasteiger partial charge on any atom is 0.431 e. The van der Waals surface area contributed by atoms with Gasteiger partial charge in [0, 0.05) is 6.20 Å². The number of ether oxygens (including phenoxy) is 2. The Labute approximate surface area is 223 Å². The number of pyridine rings is 2. The SMILES string of the molecule is Cc1cc(C#N)cnc1C(=O)Nc1ccc(F)c([C@@]2(C)N=C(NC(=O)OC(C)(C)C)O[C@H](C(F)(F)F)C2(F)F)n1. The third-order valence-electron chi connectivity index (χ3n) is 5.41. The second-order valence-electron chi connectivity index (χ2n) is 9.76. The molecule has 3 heterocycles.